The maximum atomic E-state index is 13.9. The number of amides is 4. The average molecular weight is 2060 g/mol. The third-order valence-electron chi connectivity index (χ3n) is 30.4. The fraction of sp³-hybridized carbons (Fsp3) is 0.570. The van der Waals surface area contributed by atoms with Crippen LogP contribution in [-0.4, -0.2) is 147 Å². The zero-order valence-corrected chi connectivity index (χ0v) is 95.4. The van der Waals surface area contributed by atoms with Gasteiger partial charge in [-0.15, -0.1) is 0 Å². The second-order valence-electron chi connectivity index (χ2n) is 45.9. The van der Waals surface area contributed by atoms with Crippen LogP contribution < -0.4 is 21.3 Å². The fourth-order valence-corrected chi connectivity index (χ4v) is 40.2. The number of pyridine rings is 2. The van der Waals surface area contributed by atoms with Crippen molar-refractivity contribution in [2.75, 3.05) is 23.7 Å². The van der Waals surface area contributed by atoms with Gasteiger partial charge in [-0.3, -0.25) is 29.1 Å². The van der Waals surface area contributed by atoms with E-state index < -0.39 is 78.5 Å². The van der Waals surface area contributed by atoms with Gasteiger partial charge < -0.3 is 68.8 Å². The minimum Gasteiger partial charge on any atom is -0.461 e. The molecule has 2 saturated carbocycles. The fourth-order valence-electron chi connectivity index (χ4n) is 23.3. The quantitative estimate of drug-likeness (QED) is 0.00613. The predicted molar refractivity (Wildman–Crippen MR) is 599 cm³/mol. The minimum absolute atomic E-state index is 0.00447. The Hall–Kier alpha value is -9.55. The summed E-state index contributed by atoms with van der Waals surface area (Å²) in [7, 11) is -6.84. The molecule has 0 spiro atoms. The Bertz CT molecular complexity index is 5330. The number of rotatable bonds is 53. The molecule has 8 aromatic rings. The predicted octanol–water partition coefficient (Wildman–Crippen LogP) is 28.1. The number of aliphatic hydroxyl groups excluding tert-OH is 3. The van der Waals surface area contributed by atoms with Crippen LogP contribution in [0.5, 0.6) is 0 Å². The molecular weight excluding hydrogens is 1880 g/mol. The summed E-state index contributed by atoms with van der Waals surface area (Å²) in [4.78, 5) is 87.1. The molecule has 7 N–H and O–H groups in total. The summed E-state index contributed by atoms with van der Waals surface area (Å²) in [5.74, 6) is -2.20. The molecule has 0 radical (unpaired) electrons. The van der Waals surface area contributed by atoms with Gasteiger partial charge in [0.15, 0.2) is 0 Å². The molecule has 0 aliphatic heterocycles. The van der Waals surface area contributed by atoms with Gasteiger partial charge in [-0.1, -0.05) is 270 Å². The number of hydrogen-bond acceptors (Lipinski definition) is 18. The number of aliphatic hydroxyl groups is 3. The Balaban J connectivity index is 0.000000353. The molecule has 2 aliphatic rings. The first kappa shape index (κ1) is 120. The van der Waals surface area contributed by atoms with Crippen LogP contribution in [0.2, 0.25) is 49.9 Å². The molecule has 2 heterocycles. The smallest absolute Gasteiger partial charge is 0.407 e. The topological polar surface area (TPSA) is 302 Å². The van der Waals surface area contributed by atoms with Crippen LogP contribution in [0.25, 0.3) is 21.5 Å². The molecule has 800 valence electrons. The molecule has 4 unspecified atom stereocenters. The SMILES string of the molecule is CC(C)(C)OC(=O)NCC(C(=O)Nc1ccc2cnccc2c1)c1ccc(COC(=O)CCC/C=C\CC2[C@@H](CC[C@@H](O)CCc3ccccc3)[C@H](O)C[C@@H]2O)cc1.CC(C)[Si](O[C@@H](CCc1ccccc1)CC[C@@H]1C(C/C=C\CCCC(=O)OCc2ccc(C(CNC(=O)OC(C)(C)C)C(=O)Nc3ccc4cnccc4c3)cc2)[C@@H](O[Si](C(C)C)(C(C)C)C(C)C)C[C@H]1O[Si](C(C)C)(C(C)C)C(C)C)(C(C)C)C(C)C. The van der Waals surface area contributed by atoms with Crippen LogP contribution in [0, 0.1) is 23.7 Å². The highest BCUT2D eigenvalue weighted by molar-refractivity contribution is 6.78. The molecule has 2 aliphatic carbocycles. The van der Waals surface area contributed by atoms with E-state index in [-0.39, 0.29) is 92.5 Å². The summed E-state index contributed by atoms with van der Waals surface area (Å²) in [5.41, 5.74) is 9.59. The number of alkyl carbamates (subject to hydrolysis) is 2. The number of ether oxygens (including phenoxy) is 4. The summed E-state index contributed by atoms with van der Waals surface area (Å²) in [6.07, 6.45) is 25.9. The van der Waals surface area contributed by atoms with Crippen LogP contribution in [0.4, 0.5) is 21.0 Å². The number of nitrogens with one attached hydrogen (secondary N) is 4. The van der Waals surface area contributed by atoms with Gasteiger partial charge >= 0.3 is 24.1 Å². The highest BCUT2D eigenvalue weighted by Gasteiger charge is 2.56. The molecule has 4 amide bonds. The van der Waals surface area contributed by atoms with Crippen LogP contribution in [0.15, 0.2) is 207 Å². The molecule has 10 rings (SSSR count). The van der Waals surface area contributed by atoms with Gasteiger partial charge in [0.05, 0.1) is 42.4 Å². The van der Waals surface area contributed by atoms with E-state index in [1.165, 1.54) is 11.1 Å². The number of carbonyl (C=O) groups is 6. The van der Waals surface area contributed by atoms with E-state index in [1.807, 2.05) is 97.1 Å². The zero-order chi connectivity index (χ0) is 107. The van der Waals surface area contributed by atoms with Crippen molar-refractivity contribution in [1.29, 1.82) is 0 Å². The van der Waals surface area contributed by atoms with Crippen LogP contribution in [0.3, 0.4) is 0 Å². The molecule has 22 nitrogen and oxygen atoms in total. The number of allylic oxidation sites excluding steroid dienone is 4. The lowest BCUT2D eigenvalue weighted by atomic mass is 9.85. The van der Waals surface area contributed by atoms with Gasteiger partial charge in [0.2, 0.25) is 36.8 Å². The number of benzene rings is 6. The molecule has 0 bridgehead atoms. The van der Waals surface area contributed by atoms with Gasteiger partial charge in [-0.05, 0) is 298 Å². The maximum absolute atomic E-state index is 13.9. The van der Waals surface area contributed by atoms with Crippen LogP contribution in [0.1, 0.15) is 314 Å². The van der Waals surface area contributed by atoms with E-state index in [4.69, 9.17) is 32.2 Å². The molecule has 2 fully saturated rings. The summed E-state index contributed by atoms with van der Waals surface area (Å²) in [6, 6.07) is 50.7. The van der Waals surface area contributed by atoms with Crippen molar-refractivity contribution in [3.05, 3.63) is 240 Å². The molecule has 6 aromatic carbocycles. The first-order chi connectivity index (χ1) is 69.2. The van der Waals surface area contributed by atoms with Crippen molar-refractivity contribution in [2.45, 2.75) is 404 Å². The summed E-state index contributed by atoms with van der Waals surface area (Å²) < 4.78 is 46.2. The van der Waals surface area contributed by atoms with Crippen molar-refractivity contribution in [3.63, 3.8) is 0 Å². The van der Waals surface area contributed by atoms with Gasteiger partial charge in [0.25, 0.3) is 0 Å². The highest BCUT2D eigenvalue weighted by atomic mass is 28.4. The van der Waals surface area contributed by atoms with E-state index in [2.05, 4.69) is 210 Å². The van der Waals surface area contributed by atoms with Crippen molar-refractivity contribution >= 4 is 93.8 Å². The minimum atomic E-state index is -2.31. The van der Waals surface area contributed by atoms with Crippen molar-refractivity contribution in [1.82, 2.24) is 20.6 Å². The summed E-state index contributed by atoms with van der Waals surface area (Å²) in [6.45, 7) is 54.5. The molecule has 0 saturated heterocycles. The molecule has 146 heavy (non-hydrogen) atoms. The number of anilines is 2. The van der Waals surface area contributed by atoms with E-state index in [9.17, 15) is 44.1 Å². The van der Waals surface area contributed by atoms with E-state index in [0.29, 0.717) is 136 Å². The van der Waals surface area contributed by atoms with E-state index >= 15 is 0 Å². The second-order valence-corrected chi connectivity index (χ2v) is 62.1. The van der Waals surface area contributed by atoms with Crippen LogP contribution in [-0.2, 0) is 77.5 Å². The largest absolute Gasteiger partial charge is 0.461 e. The first-order valence-corrected chi connectivity index (χ1v) is 60.8. The molecular formula is C121H178N6O16Si3. The summed E-state index contributed by atoms with van der Waals surface area (Å²) in [5, 5.41) is 47.2. The maximum Gasteiger partial charge on any atom is 0.407 e. The van der Waals surface area contributed by atoms with E-state index in [0.717, 1.165) is 84.0 Å². The Labute approximate surface area is 877 Å². The third-order valence-corrected chi connectivity index (χ3v) is 48.8. The molecule has 25 heteroatoms. The standard InChI is InChI=1S/C74H119N3O8Si3.C47H59N3O8/c1-50(2)86(51(3)4,52(5)6)83-65(40-35-59-29-25-24-26-30-59)41-42-67-66(69(84-87(53(7)8,54(9)10)55(11)12)46-70(67)85-88(56(13)14,57(15)16)58(17)18)31-27-22-23-28-32-71(78)81-49-60-33-36-61(37-34-60)68(48-76-73(80)82-74(19,20)21)72(79)77-64-39-38-63-47-75-44-43-62(63)45-64;1-47(2,3)58-46(56)49-30-41(45(55)50-37-21-20-36-29-48-26-25-35(36)27-37)34-18-15-33(16-19-34)31-57-44(54)14-10-5-4-9-13-39-40(43(53)28-42(39)52)24-23-38(51)22-17-32-11-7-6-8-12-32/h22,24-27,29-30,33-34,36-39,43-45,47,50-58,65-70H,23,28,31-32,35,40-42,46,48-49H2,1-21H3,(H,76,80)(H,77,79);4,6-9,11-12,15-16,18-21,25-27,29,38-43,51-53H,5,10,13-14,17,22-24,28,30-31H2,1-3H3,(H,49,56)(H,50,55)/b27-22-;9-4-/t65-,66?,67+,68?,69-,70+;38-,39?,40+,41?,42-,43+/m00/s1. The van der Waals surface area contributed by atoms with Crippen molar-refractivity contribution < 1.29 is 76.3 Å². The summed E-state index contributed by atoms with van der Waals surface area (Å²) >= 11 is 0. The lowest BCUT2D eigenvalue weighted by Crippen LogP contribution is -2.51. The lowest BCUT2D eigenvalue weighted by Gasteiger charge is -2.46. The number of aryl methyl sites for hydroxylation is 2. The number of fused-ring (bicyclic) bond motifs is 2. The number of carbonyl (C=O) groups excluding carboxylic acids is 6. The number of esters is 2. The monoisotopic (exact) mass is 2060 g/mol. The van der Waals surface area contributed by atoms with Crippen LogP contribution >= 0.6 is 0 Å². The normalized spacial score (nSPS) is 18.4. The van der Waals surface area contributed by atoms with Gasteiger partial charge in [-0.25, -0.2) is 9.59 Å². The number of aromatic nitrogens is 2. The molecule has 12 atom stereocenters. The second kappa shape index (κ2) is 57.4. The van der Waals surface area contributed by atoms with Gasteiger partial charge in [0, 0.05) is 79.0 Å². The Morgan fingerprint density at radius 2 is 0.795 bits per heavy atom. The lowest BCUT2D eigenvalue weighted by molar-refractivity contribution is -0.145. The van der Waals surface area contributed by atoms with E-state index in [1.54, 1.807) is 96.7 Å². The highest BCUT2D eigenvalue weighted by Crippen LogP contribution is 2.54. The van der Waals surface area contributed by atoms with Gasteiger partial charge in [0.1, 0.15) is 24.4 Å². The Morgan fingerprint density at radius 1 is 0.411 bits per heavy atom. The number of unbranched alkanes of at least 4 members (excludes halogenated alkanes) is 2. The van der Waals surface area contributed by atoms with Crippen molar-refractivity contribution in [2.24, 2.45) is 23.7 Å². The number of hydrogen-bond donors (Lipinski definition) is 7. The first-order valence-electron chi connectivity index (χ1n) is 54.4. The number of nitrogens with zero attached hydrogens (tertiary/aromatic N) is 2. The Kier molecular flexibility index (Phi) is 47.2. The third kappa shape index (κ3) is 35.6. The van der Waals surface area contributed by atoms with Crippen molar-refractivity contribution in [3.8, 4) is 0 Å². The average Bonchev–Trinajstić information content (AvgIpc) is 1.60. The van der Waals surface area contributed by atoms with Gasteiger partial charge in [-0.2, -0.15) is 0 Å². The molecule has 2 aromatic heterocycles. The Morgan fingerprint density at radius 3 is 1.20 bits per heavy atom. The zero-order valence-electron chi connectivity index (χ0n) is 92.4.